The summed E-state index contributed by atoms with van der Waals surface area (Å²) < 4.78 is 13.5. The standard InChI is InChI=1S/C59H107N5O6/c1-6-9-12-15-18-19-20-21-22-23-24-25-26-29-34-45-57(66)69-53-37-30-33-43-55(59(68)60-47-38-50-63-51-39-48-61-63)64(52-40-49-62(4)5)56(65)44-35-36-46-58(67)70-54(41-31-27-16-13-10-7-2)42-32-28-17-14-11-8-3/h18-19,21-22,39,48,51,54-55H,6-17,20,23-38,40-47,49-50,52-53H2,1-5H3,(H,60,68)/b19-18-,22-21-. The van der Waals surface area contributed by atoms with Crippen LogP contribution in [0, 0.1) is 0 Å². The normalized spacial score (nSPS) is 12.2. The number of aromatic nitrogens is 2. The molecule has 0 aliphatic carbocycles. The summed E-state index contributed by atoms with van der Waals surface area (Å²) in [6.07, 6.45) is 48.4. The molecule has 2 amide bonds. The second-order valence-electron chi connectivity index (χ2n) is 20.2. The van der Waals surface area contributed by atoms with Crippen molar-refractivity contribution < 1.29 is 28.7 Å². The summed E-state index contributed by atoms with van der Waals surface area (Å²) in [6, 6.07) is 1.29. The van der Waals surface area contributed by atoms with Crippen LogP contribution in [0.5, 0.6) is 0 Å². The van der Waals surface area contributed by atoms with E-state index in [9.17, 15) is 19.2 Å². The summed E-state index contributed by atoms with van der Waals surface area (Å²) >= 11 is 0. The largest absolute Gasteiger partial charge is 0.466 e. The summed E-state index contributed by atoms with van der Waals surface area (Å²) in [7, 11) is 4.04. The smallest absolute Gasteiger partial charge is 0.306 e. The van der Waals surface area contributed by atoms with Gasteiger partial charge in [0, 0.05) is 51.3 Å². The van der Waals surface area contributed by atoms with Crippen LogP contribution in [0.3, 0.4) is 0 Å². The van der Waals surface area contributed by atoms with Gasteiger partial charge in [-0.05, 0) is 136 Å². The number of nitrogens with zero attached hydrogens (tertiary/aromatic N) is 4. The van der Waals surface area contributed by atoms with Crippen molar-refractivity contribution in [2.45, 2.75) is 271 Å². The van der Waals surface area contributed by atoms with Gasteiger partial charge in [-0.2, -0.15) is 5.10 Å². The molecule has 0 saturated carbocycles. The first-order chi connectivity index (χ1) is 34.2. The van der Waals surface area contributed by atoms with Crippen LogP contribution in [-0.2, 0) is 35.2 Å². The van der Waals surface area contributed by atoms with E-state index in [0.29, 0.717) is 58.3 Å². The van der Waals surface area contributed by atoms with Crippen LogP contribution in [0.4, 0.5) is 0 Å². The first-order valence-corrected chi connectivity index (χ1v) is 29.1. The molecule has 70 heavy (non-hydrogen) atoms. The van der Waals surface area contributed by atoms with Crippen molar-refractivity contribution in [3.63, 3.8) is 0 Å². The van der Waals surface area contributed by atoms with E-state index < -0.39 is 6.04 Å². The number of allylic oxidation sites excluding steroid dienone is 4. The van der Waals surface area contributed by atoms with Crippen molar-refractivity contribution in [3.8, 4) is 0 Å². The van der Waals surface area contributed by atoms with E-state index in [2.05, 4.69) is 60.4 Å². The molecule has 11 nitrogen and oxygen atoms in total. The first-order valence-electron chi connectivity index (χ1n) is 29.1. The number of esters is 2. The molecule has 1 unspecified atom stereocenters. The Balaban J connectivity index is 2.68. The Morgan fingerprint density at radius 3 is 1.77 bits per heavy atom. The molecule has 0 bridgehead atoms. The molecular formula is C59H107N5O6. The van der Waals surface area contributed by atoms with Crippen molar-refractivity contribution in [2.24, 2.45) is 0 Å². The maximum Gasteiger partial charge on any atom is 0.306 e. The van der Waals surface area contributed by atoms with Gasteiger partial charge in [-0.15, -0.1) is 0 Å². The van der Waals surface area contributed by atoms with E-state index in [0.717, 1.165) is 96.4 Å². The van der Waals surface area contributed by atoms with Crippen LogP contribution in [-0.4, -0.2) is 95.8 Å². The lowest BCUT2D eigenvalue weighted by atomic mass is 10.0. The first kappa shape index (κ1) is 64.5. The fourth-order valence-electron chi connectivity index (χ4n) is 8.90. The zero-order valence-electron chi connectivity index (χ0n) is 45.9. The van der Waals surface area contributed by atoms with Crippen LogP contribution in [0.25, 0.3) is 0 Å². The third kappa shape index (κ3) is 39.2. The lowest BCUT2D eigenvalue weighted by molar-refractivity contribution is -0.150. The van der Waals surface area contributed by atoms with E-state index in [1.54, 1.807) is 11.1 Å². The Morgan fingerprint density at radius 2 is 1.13 bits per heavy atom. The molecule has 0 saturated heterocycles. The summed E-state index contributed by atoms with van der Waals surface area (Å²) in [6.45, 7) is 9.55. The Morgan fingerprint density at radius 1 is 0.586 bits per heavy atom. The van der Waals surface area contributed by atoms with Crippen molar-refractivity contribution >= 4 is 23.8 Å². The fourth-order valence-corrected chi connectivity index (χ4v) is 8.90. The lowest BCUT2D eigenvalue weighted by Crippen LogP contribution is -2.50. The topological polar surface area (TPSA) is 123 Å². The SMILES string of the molecule is CCCCC/C=C\C/C=C\CCCCCCCC(=O)OCCCCCC(C(=O)NCCCn1cccn1)N(CCCN(C)C)C(=O)CCCCC(=O)OC(CCCCCCCC)CCCCCCCC. The molecule has 0 aromatic carbocycles. The quantitative estimate of drug-likeness (QED) is 0.0389. The van der Waals surface area contributed by atoms with Crippen molar-refractivity contribution in [2.75, 3.05) is 40.3 Å². The van der Waals surface area contributed by atoms with E-state index >= 15 is 0 Å². The molecule has 0 spiro atoms. The monoisotopic (exact) mass is 982 g/mol. The predicted octanol–water partition coefficient (Wildman–Crippen LogP) is 14.4. The fraction of sp³-hybridized carbons (Fsp3) is 0.814. The Labute approximate surface area is 429 Å². The number of rotatable bonds is 50. The number of amides is 2. The number of carbonyl (C=O) groups excluding carboxylic acids is 4. The van der Waals surface area contributed by atoms with Crippen molar-refractivity contribution in [1.82, 2.24) is 24.9 Å². The van der Waals surface area contributed by atoms with Crippen LogP contribution in [0.1, 0.15) is 252 Å². The second kappa shape index (κ2) is 47.8. The minimum atomic E-state index is -0.602. The predicted molar refractivity (Wildman–Crippen MR) is 292 cm³/mol. The number of carbonyl (C=O) groups is 4. The van der Waals surface area contributed by atoms with Gasteiger partial charge in [0.2, 0.25) is 11.8 Å². The zero-order chi connectivity index (χ0) is 51.0. The average molecular weight is 983 g/mol. The summed E-state index contributed by atoms with van der Waals surface area (Å²) in [5, 5.41) is 7.41. The molecule has 404 valence electrons. The molecule has 1 rings (SSSR count). The maximum atomic E-state index is 14.1. The van der Waals surface area contributed by atoms with Crippen LogP contribution < -0.4 is 5.32 Å². The molecule has 1 heterocycles. The van der Waals surface area contributed by atoms with E-state index in [4.69, 9.17) is 9.47 Å². The maximum absolute atomic E-state index is 14.1. The Bertz CT molecular complexity index is 1420. The highest BCUT2D eigenvalue weighted by Gasteiger charge is 2.29. The number of ether oxygens (including phenoxy) is 2. The zero-order valence-corrected chi connectivity index (χ0v) is 45.9. The van der Waals surface area contributed by atoms with Gasteiger partial charge in [-0.1, -0.05) is 148 Å². The minimum absolute atomic E-state index is 0.0230. The van der Waals surface area contributed by atoms with E-state index in [1.165, 1.54) is 103 Å². The van der Waals surface area contributed by atoms with E-state index in [-0.39, 0.29) is 36.3 Å². The molecule has 11 heteroatoms. The number of nitrogens with one attached hydrogen (secondary N) is 1. The van der Waals surface area contributed by atoms with Gasteiger partial charge in [0.05, 0.1) is 6.61 Å². The molecule has 0 fully saturated rings. The van der Waals surface area contributed by atoms with Crippen LogP contribution in [0.15, 0.2) is 42.8 Å². The highest BCUT2D eigenvalue weighted by Crippen LogP contribution is 2.20. The van der Waals surface area contributed by atoms with Crippen molar-refractivity contribution in [3.05, 3.63) is 42.8 Å². The molecule has 1 N–H and O–H groups in total. The van der Waals surface area contributed by atoms with Gasteiger partial charge >= 0.3 is 11.9 Å². The van der Waals surface area contributed by atoms with E-state index in [1.807, 2.05) is 31.0 Å². The minimum Gasteiger partial charge on any atom is -0.466 e. The number of hydrogen-bond donors (Lipinski definition) is 1. The van der Waals surface area contributed by atoms with Crippen LogP contribution >= 0.6 is 0 Å². The number of aryl methyl sites for hydroxylation is 1. The molecule has 1 aromatic rings. The van der Waals surface area contributed by atoms with Gasteiger partial charge in [0.25, 0.3) is 0 Å². The summed E-state index contributed by atoms with van der Waals surface area (Å²) in [5.74, 6) is -0.468. The molecule has 0 aliphatic rings. The van der Waals surface area contributed by atoms with Gasteiger partial charge in [0.15, 0.2) is 0 Å². The molecule has 1 atom stereocenters. The number of hydrogen-bond acceptors (Lipinski definition) is 8. The van der Waals surface area contributed by atoms with Gasteiger partial charge in [-0.3, -0.25) is 23.9 Å². The van der Waals surface area contributed by atoms with Gasteiger partial charge in [-0.25, -0.2) is 0 Å². The molecule has 0 aliphatic heterocycles. The molecule has 0 radical (unpaired) electrons. The molecule has 1 aromatic heterocycles. The molecular weight excluding hydrogens is 875 g/mol. The lowest BCUT2D eigenvalue weighted by Gasteiger charge is -2.32. The Kier molecular flexibility index (Phi) is 44.1. The van der Waals surface area contributed by atoms with Gasteiger partial charge < -0.3 is 24.6 Å². The van der Waals surface area contributed by atoms with Gasteiger partial charge in [0.1, 0.15) is 12.1 Å². The third-order valence-electron chi connectivity index (χ3n) is 13.2. The summed E-state index contributed by atoms with van der Waals surface area (Å²) in [5.41, 5.74) is 0. The van der Waals surface area contributed by atoms with Crippen molar-refractivity contribution in [1.29, 1.82) is 0 Å². The second-order valence-corrected chi connectivity index (χ2v) is 20.2. The highest BCUT2D eigenvalue weighted by atomic mass is 16.5. The third-order valence-corrected chi connectivity index (χ3v) is 13.2. The highest BCUT2D eigenvalue weighted by molar-refractivity contribution is 5.87. The summed E-state index contributed by atoms with van der Waals surface area (Å²) in [4.78, 5) is 57.6. The number of unbranched alkanes of at least 4 members (excludes halogenated alkanes) is 21. The average Bonchev–Trinajstić information content (AvgIpc) is 3.87. The Hall–Kier alpha value is -3.47. The van der Waals surface area contributed by atoms with Crippen LogP contribution in [0.2, 0.25) is 0 Å².